The number of carboxylic acids is 1. The van der Waals surface area contributed by atoms with Gasteiger partial charge in [-0.15, -0.1) is 0 Å². The maximum Gasteiger partial charge on any atom is 0.407 e. The van der Waals surface area contributed by atoms with E-state index in [2.05, 4.69) is 17.4 Å². The molecule has 7 nitrogen and oxygen atoms in total. The minimum atomic E-state index is -1.07. The SMILES string of the molecule is CCN(C(=O)C(CC1CC1)NC(=O)OCC1c2ccccc2-c2ccccc21)C(C)C(=O)O. The van der Waals surface area contributed by atoms with Crippen LogP contribution in [0.5, 0.6) is 0 Å². The molecular weight excluding hydrogens is 420 g/mol. The van der Waals surface area contributed by atoms with Gasteiger partial charge in [0, 0.05) is 12.5 Å². The standard InChI is InChI=1S/C26H30N2O5/c1-3-28(16(2)25(30)31)24(29)23(14-17-12-13-17)27-26(32)33-15-22-20-10-6-4-8-18(20)19-9-5-7-11-21(19)22/h4-11,16-17,22-23H,3,12-15H2,1-2H3,(H,27,32)(H,30,31). The number of nitrogens with one attached hydrogen (secondary N) is 1. The summed E-state index contributed by atoms with van der Waals surface area (Å²) in [6.45, 7) is 3.62. The molecule has 2 aliphatic rings. The number of benzene rings is 2. The average molecular weight is 451 g/mol. The molecule has 2 aromatic carbocycles. The number of likely N-dealkylation sites (N-methyl/N-ethyl adjacent to an activating group) is 1. The van der Waals surface area contributed by atoms with Crippen LogP contribution in [-0.2, 0) is 14.3 Å². The van der Waals surface area contributed by atoms with E-state index in [1.54, 1.807) is 6.92 Å². The lowest BCUT2D eigenvalue weighted by Crippen LogP contribution is -2.53. The molecule has 0 saturated heterocycles. The first kappa shape index (κ1) is 22.8. The fourth-order valence-electron chi connectivity index (χ4n) is 4.64. The Labute approximate surface area is 193 Å². The summed E-state index contributed by atoms with van der Waals surface area (Å²) in [7, 11) is 0. The van der Waals surface area contributed by atoms with E-state index in [4.69, 9.17) is 4.74 Å². The van der Waals surface area contributed by atoms with E-state index >= 15 is 0 Å². The molecule has 0 bridgehead atoms. The summed E-state index contributed by atoms with van der Waals surface area (Å²) in [5.41, 5.74) is 4.52. The van der Waals surface area contributed by atoms with Crippen molar-refractivity contribution >= 4 is 18.0 Å². The number of carboxylic acid groups (broad SMARTS) is 1. The summed E-state index contributed by atoms with van der Waals surface area (Å²) >= 11 is 0. The van der Waals surface area contributed by atoms with Crippen molar-refractivity contribution in [1.82, 2.24) is 10.2 Å². The number of ether oxygens (including phenoxy) is 1. The summed E-state index contributed by atoms with van der Waals surface area (Å²) in [4.78, 5) is 38.6. The highest BCUT2D eigenvalue weighted by Crippen LogP contribution is 2.44. The lowest BCUT2D eigenvalue weighted by Gasteiger charge is -2.29. The highest BCUT2D eigenvalue weighted by molar-refractivity contribution is 5.89. The molecule has 0 spiro atoms. The molecule has 2 aromatic rings. The molecule has 0 heterocycles. The van der Waals surface area contributed by atoms with Crippen molar-refractivity contribution in [3.05, 3.63) is 59.7 Å². The molecule has 4 rings (SSSR count). The maximum atomic E-state index is 13.1. The van der Waals surface area contributed by atoms with Gasteiger partial charge in [-0.05, 0) is 48.4 Å². The number of hydrogen-bond acceptors (Lipinski definition) is 4. The fraction of sp³-hybridized carbons (Fsp3) is 0.423. The van der Waals surface area contributed by atoms with Crippen molar-refractivity contribution in [1.29, 1.82) is 0 Å². The van der Waals surface area contributed by atoms with Crippen molar-refractivity contribution in [2.24, 2.45) is 5.92 Å². The summed E-state index contributed by atoms with van der Waals surface area (Å²) < 4.78 is 5.61. The largest absolute Gasteiger partial charge is 0.480 e. The van der Waals surface area contributed by atoms with Crippen LogP contribution in [0.1, 0.15) is 50.2 Å². The number of alkyl carbamates (subject to hydrolysis) is 1. The number of amides is 2. The van der Waals surface area contributed by atoms with Gasteiger partial charge in [0.1, 0.15) is 18.7 Å². The zero-order valence-electron chi connectivity index (χ0n) is 19.0. The van der Waals surface area contributed by atoms with Gasteiger partial charge >= 0.3 is 12.1 Å². The van der Waals surface area contributed by atoms with Gasteiger partial charge in [-0.25, -0.2) is 9.59 Å². The average Bonchev–Trinajstić information content (AvgIpc) is 3.58. The lowest BCUT2D eigenvalue weighted by molar-refractivity contribution is -0.150. The van der Waals surface area contributed by atoms with Crippen molar-refractivity contribution in [2.75, 3.05) is 13.2 Å². The first-order valence-electron chi connectivity index (χ1n) is 11.6. The molecule has 2 N–H and O–H groups in total. The van der Waals surface area contributed by atoms with Crippen molar-refractivity contribution in [3.8, 4) is 11.1 Å². The smallest absolute Gasteiger partial charge is 0.407 e. The second-order valence-corrected chi connectivity index (χ2v) is 8.84. The molecular formula is C26H30N2O5. The summed E-state index contributed by atoms with van der Waals surface area (Å²) in [6.07, 6.45) is 1.86. The number of carbonyl (C=O) groups is 3. The van der Waals surface area contributed by atoms with E-state index in [0.29, 0.717) is 12.3 Å². The van der Waals surface area contributed by atoms with Crippen LogP contribution in [0.4, 0.5) is 4.79 Å². The van der Waals surface area contributed by atoms with Gasteiger partial charge in [-0.2, -0.15) is 0 Å². The Balaban J connectivity index is 1.44. The maximum absolute atomic E-state index is 13.1. The van der Waals surface area contributed by atoms with Crippen LogP contribution in [0.25, 0.3) is 11.1 Å². The van der Waals surface area contributed by atoms with Crippen molar-refractivity contribution in [3.63, 3.8) is 0 Å². The minimum absolute atomic E-state index is 0.0695. The molecule has 2 atom stereocenters. The van der Waals surface area contributed by atoms with Crippen molar-refractivity contribution in [2.45, 2.75) is 51.1 Å². The lowest BCUT2D eigenvalue weighted by atomic mass is 9.98. The van der Waals surface area contributed by atoms with Crippen LogP contribution >= 0.6 is 0 Å². The Morgan fingerprint density at radius 1 is 1.06 bits per heavy atom. The number of nitrogens with zero attached hydrogens (tertiary/aromatic N) is 1. The van der Waals surface area contributed by atoms with Crippen LogP contribution in [0.3, 0.4) is 0 Å². The second-order valence-electron chi connectivity index (χ2n) is 8.84. The Hall–Kier alpha value is -3.35. The van der Waals surface area contributed by atoms with E-state index in [9.17, 15) is 19.5 Å². The van der Waals surface area contributed by atoms with Gasteiger partial charge in [0.25, 0.3) is 0 Å². The molecule has 0 radical (unpaired) electrons. The Morgan fingerprint density at radius 3 is 2.15 bits per heavy atom. The third kappa shape index (κ3) is 4.87. The Morgan fingerprint density at radius 2 is 1.64 bits per heavy atom. The Kier molecular flexibility index (Phi) is 6.67. The molecule has 1 fully saturated rings. The number of carbonyl (C=O) groups excluding carboxylic acids is 2. The molecule has 1 saturated carbocycles. The predicted octanol–water partition coefficient (Wildman–Crippen LogP) is 4.02. The first-order valence-corrected chi connectivity index (χ1v) is 11.6. The summed E-state index contributed by atoms with van der Waals surface area (Å²) in [5, 5.41) is 12.1. The molecule has 2 amide bonds. The van der Waals surface area contributed by atoms with Crippen LogP contribution in [0.15, 0.2) is 48.5 Å². The second kappa shape index (κ2) is 9.65. The monoisotopic (exact) mass is 450 g/mol. The molecule has 2 unspecified atom stereocenters. The van der Waals surface area contributed by atoms with Crippen molar-refractivity contribution < 1.29 is 24.2 Å². The molecule has 174 valence electrons. The van der Waals surface area contributed by atoms with Crippen LogP contribution < -0.4 is 5.32 Å². The Bertz CT molecular complexity index is 1000. The quantitative estimate of drug-likeness (QED) is 0.602. The first-order chi connectivity index (χ1) is 15.9. The third-order valence-electron chi connectivity index (χ3n) is 6.65. The zero-order chi connectivity index (χ0) is 23.5. The van der Waals surface area contributed by atoms with Crippen LogP contribution in [0.2, 0.25) is 0 Å². The zero-order valence-corrected chi connectivity index (χ0v) is 19.0. The number of rotatable bonds is 9. The van der Waals surface area contributed by atoms with Gasteiger partial charge in [0.2, 0.25) is 5.91 Å². The number of aliphatic carboxylic acids is 1. The number of hydrogen-bond donors (Lipinski definition) is 2. The van der Waals surface area contributed by atoms with Crippen LogP contribution in [-0.4, -0.2) is 53.2 Å². The van der Waals surface area contributed by atoms with Crippen LogP contribution in [0, 0.1) is 5.92 Å². The fourth-order valence-corrected chi connectivity index (χ4v) is 4.64. The van der Waals surface area contributed by atoms with E-state index in [0.717, 1.165) is 35.1 Å². The van der Waals surface area contributed by atoms with Gasteiger partial charge in [-0.1, -0.05) is 61.4 Å². The molecule has 0 aliphatic heterocycles. The van der Waals surface area contributed by atoms with E-state index in [-0.39, 0.29) is 25.0 Å². The minimum Gasteiger partial charge on any atom is -0.480 e. The van der Waals surface area contributed by atoms with E-state index < -0.39 is 24.1 Å². The number of fused-ring (bicyclic) bond motifs is 3. The predicted molar refractivity (Wildman–Crippen MR) is 124 cm³/mol. The van der Waals surface area contributed by atoms with Gasteiger partial charge in [0.15, 0.2) is 0 Å². The summed E-state index contributed by atoms with van der Waals surface area (Å²) in [6, 6.07) is 14.4. The third-order valence-corrected chi connectivity index (χ3v) is 6.65. The summed E-state index contributed by atoms with van der Waals surface area (Å²) in [5.74, 6) is -1.16. The van der Waals surface area contributed by atoms with Gasteiger partial charge < -0.3 is 20.1 Å². The highest BCUT2D eigenvalue weighted by atomic mass is 16.5. The molecule has 0 aromatic heterocycles. The topological polar surface area (TPSA) is 95.9 Å². The van der Waals surface area contributed by atoms with E-state index in [1.807, 2.05) is 36.4 Å². The molecule has 2 aliphatic carbocycles. The van der Waals surface area contributed by atoms with Gasteiger partial charge in [-0.3, -0.25) is 4.79 Å². The van der Waals surface area contributed by atoms with Gasteiger partial charge in [0.05, 0.1) is 0 Å². The highest BCUT2D eigenvalue weighted by Gasteiger charge is 2.36. The molecule has 7 heteroatoms. The van der Waals surface area contributed by atoms with E-state index in [1.165, 1.54) is 11.8 Å². The molecule has 33 heavy (non-hydrogen) atoms. The normalized spacial score (nSPS) is 16.3.